The lowest BCUT2D eigenvalue weighted by molar-refractivity contribution is 0.311. The Hall–Kier alpha value is -2.06. The Morgan fingerprint density at radius 3 is 2.86 bits per heavy atom. The fourth-order valence-corrected chi connectivity index (χ4v) is 5.04. The SMILES string of the molecule is CCOc1ccc(-c2nc(CSc3n[nH]c(C4CCCC4)n3)cs2)cc1OC. The van der Waals surface area contributed by atoms with Crippen LogP contribution in [0, 0.1) is 0 Å². The van der Waals surface area contributed by atoms with Gasteiger partial charge in [-0.25, -0.2) is 9.97 Å². The van der Waals surface area contributed by atoms with Crippen LogP contribution in [-0.4, -0.2) is 33.9 Å². The molecule has 1 aromatic carbocycles. The average Bonchev–Trinajstić information content (AvgIpc) is 3.48. The molecule has 0 radical (unpaired) electrons. The second-order valence-electron chi connectivity index (χ2n) is 6.72. The predicted octanol–water partition coefficient (Wildman–Crippen LogP) is 5.29. The number of aromatic nitrogens is 4. The maximum Gasteiger partial charge on any atom is 0.208 e. The highest BCUT2D eigenvalue weighted by Crippen LogP contribution is 2.35. The van der Waals surface area contributed by atoms with E-state index in [0.717, 1.165) is 44.5 Å². The number of thiazole rings is 1. The van der Waals surface area contributed by atoms with E-state index in [1.54, 1.807) is 30.2 Å². The minimum atomic E-state index is 0.558. The number of aromatic amines is 1. The lowest BCUT2D eigenvalue weighted by Gasteiger charge is -2.09. The molecule has 2 aromatic heterocycles. The van der Waals surface area contributed by atoms with E-state index in [4.69, 9.17) is 14.5 Å². The Labute approximate surface area is 173 Å². The Kier molecular flexibility index (Phi) is 6.17. The normalized spacial score (nSPS) is 14.5. The molecular weight excluding hydrogens is 392 g/mol. The summed E-state index contributed by atoms with van der Waals surface area (Å²) in [4.78, 5) is 9.43. The molecule has 0 amide bonds. The summed E-state index contributed by atoms with van der Waals surface area (Å²) in [6.45, 7) is 2.57. The molecule has 0 aliphatic heterocycles. The van der Waals surface area contributed by atoms with E-state index in [0.29, 0.717) is 12.5 Å². The summed E-state index contributed by atoms with van der Waals surface area (Å²) in [7, 11) is 1.66. The van der Waals surface area contributed by atoms with Crippen molar-refractivity contribution >= 4 is 23.1 Å². The van der Waals surface area contributed by atoms with Crippen molar-refractivity contribution < 1.29 is 9.47 Å². The number of hydrogen-bond acceptors (Lipinski definition) is 7. The molecule has 8 heteroatoms. The molecule has 28 heavy (non-hydrogen) atoms. The summed E-state index contributed by atoms with van der Waals surface area (Å²) in [5.41, 5.74) is 2.06. The van der Waals surface area contributed by atoms with Gasteiger partial charge in [0.05, 0.1) is 19.4 Å². The lowest BCUT2D eigenvalue weighted by atomic mass is 10.1. The van der Waals surface area contributed by atoms with Gasteiger partial charge >= 0.3 is 0 Å². The Morgan fingerprint density at radius 2 is 2.07 bits per heavy atom. The molecule has 0 saturated heterocycles. The molecule has 0 unspecified atom stereocenters. The summed E-state index contributed by atoms with van der Waals surface area (Å²) < 4.78 is 11.0. The Morgan fingerprint density at radius 1 is 1.21 bits per heavy atom. The number of thioether (sulfide) groups is 1. The van der Waals surface area contributed by atoms with Crippen LogP contribution in [0.25, 0.3) is 10.6 Å². The second-order valence-corrected chi connectivity index (χ2v) is 8.52. The van der Waals surface area contributed by atoms with Gasteiger partial charge in [-0.05, 0) is 38.0 Å². The van der Waals surface area contributed by atoms with E-state index in [9.17, 15) is 0 Å². The van der Waals surface area contributed by atoms with Crippen LogP contribution in [0.3, 0.4) is 0 Å². The topological polar surface area (TPSA) is 72.9 Å². The fourth-order valence-electron chi connectivity index (χ4n) is 3.42. The van der Waals surface area contributed by atoms with Crippen molar-refractivity contribution in [3.63, 3.8) is 0 Å². The second kappa shape index (κ2) is 8.96. The van der Waals surface area contributed by atoms with Crippen LogP contribution in [0.1, 0.15) is 50.0 Å². The first-order valence-corrected chi connectivity index (χ1v) is 11.4. The fraction of sp³-hybridized carbons (Fsp3) is 0.450. The maximum atomic E-state index is 5.59. The molecule has 0 bridgehead atoms. The molecule has 6 nitrogen and oxygen atoms in total. The minimum Gasteiger partial charge on any atom is -0.493 e. The minimum absolute atomic E-state index is 0.558. The van der Waals surface area contributed by atoms with E-state index in [1.807, 2.05) is 25.1 Å². The molecule has 2 heterocycles. The first-order chi connectivity index (χ1) is 13.8. The summed E-state index contributed by atoms with van der Waals surface area (Å²) in [6, 6.07) is 5.93. The molecule has 3 aromatic rings. The molecule has 1 fully saturated rings. The first kappa shape index (κ1) is 19.3. The van der Waals surface area contributed by atoms with E-state index in [-0.39, 0.29) is 0 Å². The predicted molar refractivity (Wildman–Crippen MR) is 112 cm³/mol. The molecular formula is C20H24N4O2S2. The summed E-state index contributed by atoms with van der Waals surface area (Å²) in [5.74, 6) is 3.84. The van der Waals surface area contributed by atoms with Crippen LogP contribution in [0.4, 0.5) is 0 Å². The molecule has 1 aliphatic rings. The number of methoxy groups -OCH3 is 1. The monoisotopic (exact) mass is 416 g/mol. The van der Waals surface area contributed by atoms with Crippen molar-refractivity contribution in [2.24, 2.45) is 0 Å². The Balaban J connectivity index is 1.40. The highest BCUT2D eigenvalue weighted by Gasteiger charge is 2.20. The third-order valence-electron chi connectivity index (χ3n) is 4.84. The number of H-pyrrole nitrogens is 1. The van der Waals surface area contributed by atoms with E-state index in [1.165, 1.54) is 25.7 Å². The molecule has 4 rings (SSSR count). The van der Waals surface area contributed by atoms with E-state index < -0.39 is 0 Å². The van der Waals surface area contributed by atoms with Crippen LogP contribution in [0.2, 0.25) is 0 Å². The number of hydrogen-bond donors (Lipinski definition) is 1. The van der Waals surface area contributed by atoms with Crippen LogP contribution < -0.4 is 9.47 Å². The number of rotatable bonds is 8. The number of nitrogens with zero attached hydrogens (tertiary/aromatic N) is 3. The van der Waals surface area contributed by atoms with Crippen molar-refractivity contribution in [1.82, 2.24) is 20.2 Å². The largest absolute Gasteiger partial charge is 0.493 e. The van der Waals surface area contributed by atoms with E-state index >= 15 is 0 Å². The van der Waals surface area contributed by atoms with Crippen molar-refractivity contribution in [2.45, 2.75) is 49.4 Å². The average molecular weight is 417 g/mol. The quantitative estimate of drug-likeness (QED) is 0.503. The third-order valence-corrected chi connectivity index (χ3v) is 6.66. The van der Waals surface area contributed by atoms with Crippen LogP contribution in [-0.2, 0) is 5.75 Å². The zero-order valence-electron chi connectivity index (χ0n) is 16.1. The van der Waals surface area contributed by atoms with Gasteiger partial charge < -0.3 is 9.47 Å². The first-order valence-electron chi connectivity index (χ1n) is 9.57. The van der Waals surface area contributed by atoms with Crippen molar-refractivity contribution in [3.8, 4) is 22.1 Å². The highest BCUT2D eigenvalue weighted by molar-refractivity contribution is 7.98. The van der Waals surface area contributed by atoms with Gasteiger partial charge in [-0.1, -0.05) is 24.6 Å². The van der Waals surface area contributed by atoms with Gasteiger partial charge in [-0.2, -0.15) is 0 Å². The van der Waals surface area contributed by atoms with Gasteiger partial charge in [0, 0.05) is 22.6 Å². The van der Waals surface area contributed by atoms with E-state index in [2.05, 4.69) is 20.6 Å². The van der Waals surface area contributed by atoms with Crippen LogP contribution in [0.5, 0.6) is 11.5 Å². The van der Waals surface area contributed by atoms with Gasteiger partial charge in [0.25, 0.3) is 0 Å². The zero-order chi connectivity index (χ0) is 19.3. The Bertz CT molecular complexity index is 919. The molecule has 148 valence electrons. The molecule has 1 saturated carbocycles. The smallest absolute Gasteiger partial charge is 0.208 e. The van der Waals surface area contributed by atoms with Crippen LogP contribution in [0.15, 0.2) is 28.7 Å². The lowest BCUT2D eigenvalue weighted by Crippen LogP contribution is -1.95. The van der Waals surface area contributed by atoms with Crippen molar-refractivity contribution in [2.75, 3.05) is 13.7 Å². The summed E-state index contributed by atoms with van der Waals surface area (Å²) >= 11 is 3.26. The van der Waals surface area contributed by atoms with Crippen molar-refractivity contribution in [1.29, 1.82) is 0 Å². The molecule has 0 atom stereocenters. The molecule has 1 aliphatic carbocycles. The highest BCUT2D eigenvalue weighted by atomic mass is 32.2. The zero-order valence-corrected chi connectivity index (χ0v) is 17.7. The van der Waals surface area contributed by atoms with Gasteiger partial charge in [-0.15, -0.1) is 16.4 Å². The van der Waals surface area contributed by atoms with Gasteiger partial charge in [0.15, 0.2) is 11.5 Å². The molecule has 0 spiro atoms. The van der Waals surface area contributed by atoms with Crippen molar-refractivity contribution in [3.05, 3.63) is 35.1 Å². The van der Waals surface area contributed by atoms with Gasteiger partial charge in [-0.3, -0.25) is 5.10 Å². The van der Waals surface area contributed by atoms with Gasteiger partial charge in [0.1, 0.15) is 10.8 Å². The van der Waals surface area contributed by atoms with Crippen LogP contribution >= 0.6 is 23.1 Å². The standard InChI is InChI=1S/C20H24N4O2S2/c1-3-26-16-9-8-14(10-17(16)25-2)19-21-15(11-27-19)12-28-20-22-18(23-24-20)13-6-4-5-7-13/h8-11,13H,3-7,12H2,1-2H3,(H,22,23,24). The number of ether oxygens (including phenoxy) is 2. The number of benzene rings is 1. The molecule has 1 N–H and O–H groups in total. The number of nitrogens with one attached hydrogen (secondary N) is 1. The maximum absolute atomic E-state index is 5.59. The third kappa shape index (κ3) is 4.33. The van der Waals surface area contributed by atoms with Gasteiger partial charge in [0.2, 0.25) is 5.16 Å². The summed E-state index contributed by atoms with van der Waals surface area (Å²) in [6.07, 6.45) is 5.04. The summed E-state index contributed by atoms with van der Waals surface area (Å²) in [5, 5.41) is 11.3.